The normalized spacial score (nSPS) is 15.8. The van der Waals surface area contributed by atoms with Crippen LogP contribution in [0.1, 0.15) is 48.5 Å². The van der Waals surface area contributed by atoms with Crippen LogP contribution in [0.2, 0.25) is 0 Å². The van der Waals surface area contributed by atoms with E-state index in [0.717, 1.165) is 0 Å². The molecule has 17 heavy (non-hydrogen) atoms. The molecule has 0 amide bonds. The molecular formula is C13H24O4. The van der Waals surface area contributed by atoms with Gasteiger partial charge in [0.15, 0.2) is 5.41 Å². The summed E-state index contributed by atoms with van der Waals surface area (Å²) in [6.45, 7) is 12.2. The van der Waals surface area contributed by atoms with Gasteiger partial charge in [0.1, 0.15) is 0 Å². The van der Waals surface area contributed by atoms with E-state index in [4.69, 9.17) is 4.74 Å². The van der Waals surface area contributed by atoms with Crippen LogP contribution < -0.4 is 0 Å². The lowest BCUT2D eigenvalue weighted by atomic mass is 9.60. The Labute approximate surface area is 103 Å². The lowest BCUT2D eigenvalue weighted by molar-refractivity contribution is -0.185. The standard InChI is InChI=1S/C13H24O4/c1-8(2)13(10(14)15,12(5,6)7)11(16)17-9(3)4/h8-9H,1-7H3,(H,14,15). The van der Waals surface area contributed by atoms with E-state index in [2.05, 4.69) is 0 Å². The smallest absolute Gasteiger partial charge is 0.324 e. The third kappa shape index (κ3) is 2.79. The van der Waals surface area contributed by atoms with Crippen LogP contribution in [0.4, 0.5) is 0 Å². The van der Waals surface area contributed by atoms with Gasteiger partial charge in [0.25, 0.3) is 0 Å². The van der Waals surface area contributed by atoms with Gasteiger partial charge in [-0.1, -0.05) is 34.6 Å². The highest BCUT2D eigenvalue weighted by Crippen LogP contribution is 2.46. The molecule has 0 aliphatic rings. The lowest BCUT2D eigenvalue weighted by Gasteiger charge is -2.42. The number of hydrogen-bond donors (Lipinski definition) is 1. The van der Waals surface area contributed by atoms with Gasteiger partial charge >= 0.3 is 11.9 Å². The maximum atomic E-state index is 12.2. The van der Waals surface area contributed by atoms with Crippen LogP contribution in [0.25, 0.3) is 0 Å². The summed E-state index contributed by atoms with van der Waals surface area (Å²) in [7, 11) is 0. The van der Waals surface area contributed by atoms with Crippen molar-refractivity contribution in [3.8, 4) is 0 Å². The van der Waals surface area contributed by atoms with E-state index in [-0.39, 0.29) is 12.0 Å². The van der Waals surface area contributed by atoms with Gasteiger partial charge in [0.2, 0.25) is 0 Å². The topological polar surface area (TPSA) is 63.6 Å². The Morgan fingerprint density at radius 3 is 1.65 bits per heavy atom. The predicted octanol–water partition coefficient (Wildman–Crippen LogP) is 2.71. The van der Waals surface area contributed by atoms with Gasteiger partial charge in [0.05, 0.1) is 6.10 Å². The lowest BCUT2D eigenvalue weighted by Crippen LogP contribution is -2.54. The largest absolute Gasteiger partial charge is 0.480 e. The van der Waals surface area contributed by atoms with Gasteiger partial charge in [0, 0.05) is 0 Å². The molecule has 0 bridgehead atoms. The number of rotatable bonds is 4. The van der Waals surface area contributed by atoms with Crippen LogP contribution in [0.5, 0.6) is 0 Å². The minimum Gasteiger partial charge on any atom is -0.480 e. The van der Waals surface area contributed by atoms with Crippen molar-refractivity contribution < 1.29 is 19.4 Å². The second-order valence-electron chi connectivity index (χ2n) is 5.97. The average molecular weight is 244 g/mol. The van der Waals surface area contributed by atoms with Crippen LogP contribution in [0, 0.1) is 16.7 Å². The highest BCUT2D eigenvalue weighted by atomic mass is 16.5. The molecule has 4 heteroatoms. The van der Waals surface area contributed by atoms with Crippen molar-refractivity contribution in [1.29, 1.82) is 0 Å². The Kier molecular flexibility index (Phi) is 4.75. The first-order chi connectivity index (χ1) is 7.47. The van der Waals surface area contributed by atoms with E-state index in [1.807, 2.05) is 0 Å². The molecule has 4 nitrogen and oxygen atoms in total. The van der Waals surface area contributed by atoms with Gasteiger partial charge < -0.3 is 9.84 Å². The van der Waals surface area contributed by atoms with Crippen molar-refractivity contribution >= 4 is 11.9 Å². The molecule has 0 fully saturated rings. The van der Waals surface area contributed by atoms with E-state index in [1.165, 1.54) is 0 Å². The number of hydrogen-bond acceptors (Lipinski definition) is 3. The molecule has 0 saturated carbocycles. The van der Waals surface area contributed by atoms with E-state index in [0.29, 0.717) is 0 Å². The first-order valence-electron chi connectivity index (χ1n) is 5.92. The van der Waals surface area contributed by atoms with Crippen molar-refractivity contribution in [2.45, 2.75) is 54.6 Å². The molecule has 1 N–H and O–H groups in total. The van der Waals surface area contributed by atoms with Gasteiger partial charge in [-0.15, -0.1) is 0 Å². The molecule has 1 unspecified atom stereocenters. The fourth-order valence-corrected chi connectivity index (χ4v) is 2.37. The van der Waals surface area contributed by atoms with Crippen LogP contribution >= 0.6 is 0 Å². The van der Waals surface area contributed by atoms with Crippen molar-refractivity contribution in [1.82, 2.24) is 0 Å². The molecule has 0 rings (SSSR count). The monoisotopic (exact) mass is 244 g/mol. The number of esters is 1. The first kappa shape index (κ1) is 15.9. The maximum Gasteiger partial charge on any atom is 0.324 e. The van der Waals surface area contributed by atoms with Gasteiger partial charge in [-0.25, -0.2) is 0 Å². The van der Waals surface area contributed by atoms with E-state index in [1.54, 1.807) is 48.5 Å². The van der Waals surface area contributed by atoms with Crippen LogP contribution in [0.15, 0.2) is 0 Å². The number of carbonyl (C=O) groups is 2. The number of aliphatic carboxylic acids is 1. The number of carboxylic acids is 1. The Bertz CT molecular complexity index is 299. The minimum atomic E-state index is -1.52. The van der Waals surface area contributed by atoms with Crippen molar-refractivity contribution in [3.63, 3.8) is 0 Å². The SMILES string of the molecule is CC(C)OC(=O)C(C(=O)O)(C(C)C)C(C)(C)C. The fraction of sp³-hybridized carbons (Fsp3) is 0.846. The number of ether oxygens (including phenoxy) is 1. The predicted molar refractivity (Wildman–Crippen MR) is 65.6 cm³/mol. The van der Waals surface area contributed by atoms with E-state index < -0.39 is 22.8 Å². The summed E-state index contributed by atoms with van der Waals surface area (Å²) in [6.07, 6.45) is -0.317. The zero-order chi connectivity index (χ0) is 14.0. The third-order valence-corrected chi connectivity index (χ3v) is 3.05. The second kappa shape index (κ2) is 5.07. The fourth-order valence-electron chi connectivity index (χ4n) is 2.37. The summed E-state index contributed by atoms with van der Waals surface area (Å²) in [6, 6.07) is 0. The Balaban J connectivity index is 5.67. The molecule has 0 heterocycles. The average Bonchev–Trinajstić information content (AvgIpc) is 1.96. The Morgan fingerprint density at radius 2 is 1.47 bits per heavy atom. The first-order valence-corrected chi connectivity index (χ1v) is 5.92. The summed E-state index contributed by atoms with van der Waals surface area (Å²) in [5.41, 5.74) is -2.23. The van der Waals surface area contributed by atoms with Crippen LogP contribution in [-0.2, 0) is 14.3 Å². The van der Waals surface area contributed by atoms with Crippen LogP contribution in [-0.4, -0.2) is 23.1 Å². The summed E-state index contributed by atoms with van der Waals surface area (Å²) in [4.78, 5) is 23.8. The van der Waals surface area contributed by atoms with E-state index in [9.17, 15) is 14.7 Å². The highest BCUT2D eigenvalue weighted by molar-refractivity contribution is 6.00. The number of carbonyl (C=O) groups excluding carboxylic acids is 1. The van der Waals surface area contributed by atoms with Gasteiger partial charge in [-0.05, 0) is 25.2 Å². The summed E-state index contributed by atoms with van der Waals surface area (Å²) in [5.74, 6) is -2.11. The molecule has 100 valence electrons. The zero-order valence-corrected chi connectivity index (χ0v) is 11.8. The Hall–Kier alpha value is -1.06. The van der Waals surface area contributed by atoms with Crippen molar-refractivity contribution in [2.75, 3.05) is 0 Å². The highest BCUT2D eigenvalue weighted by Gasteiger charge is 2.58. The molecule has 0 aliphatic heterocycles. The maximum absolute atomic E-state index is 12.2. The molecule has 0 aromatic heterocycles. The zero-order valence-electron chi connectivity index (χ0n) is 11.8. The van der Waals surface area contributed by atoms with Gasteiger partial charge in [-0.2, -0.15) is 0 Å². The quantitative estimate of drug-likeness (QED) is 0.610. The van der Waals surface area contributed by atoms with Crippen LogP contribution in [0.3, 0.4) is 0 Å². The van der Waals surface area contributed by atoms with Crippen molar-refractivity contribution in [2.24, 2.45) is 16.7 Å². The summed E-state index contributed by atoms with van der Waals surface area (Å²) in [5, 5.41) is 9.51. The molecule has 0 spiro atoms. The molecule has 0 saturated heterocycles. The van der Waals surface area contributed by atoms with Gasteiger partial charge in [-0.3, -0.25) is 9.59 Å². The number of carboxylic acid groups (broad SMARTS) is 1. The van der Waals surface area contributed by atoms with Crippen molar-refractivity contribution in [3.05, 3.63) is 0 Å². The second-order valence-corrected chi connectivity index (χ2v) is 5.97. The minimum absolute atomic E-state index is 0.317. The molecule has 0 aromatic rings. The molecule has 0 aliphatic carbocycles. The van der Waals surface area contributed by atoms with E-state index >= 15 is 0 Å². The molecule has 0 aromatic carbocycles. The molecule has 1 atom stereocenters. The molecular weight excluding hydrogens is 220 g/mol. The molecule has 0 radical (unpaired) electrons. The summed E-state index contributed by atoms with van der Waals surface area (Å²) >= 11 is 0. The Morgan fingerprint density at radius 1 is 1.06 bits per heavy atom. The summed E-state index contributed by atoms with van der Waals surface area (Å²) < 4.78 is 5.15. The third-order valence-electron chi connectivity index (χ3n) is 3.05.